The van der Waals surface area contributed by atoms with Crippen molar-refractivity contribution in [3.05, 3.63) is 23.8 Å². The van der Waals surface area contributed by atoms with Gasteiger partial charge in [-0.3, -0.25) is 9.59 Å². The number of hydrogen-bond donors (Lipinski definition) is 4. The highest BCUT2D eigenvalue weighted by Gasteiger charge is 2.31. The maximum absolute atomic E-state index is 14.2. The first-order valence-electron chi connectivity index (χ1n) is 13.5. The molecule has 2 atom stereocenters. The van der Waals surface area contributed by atoms with Gasteiger partial charge in [0, 0.05) is 25.3 Å². The molecule has 0 heterocycles. The lowest BCUT2D eigenvalue weighted by molar-refractivity contribution is -0.122. The van der Waals surface area contributed by atoms with Crippen LogP contribution >= 0.6 is 0 Å². The summed E-state index contributed by atoms with van der Waals surface area (Å²) in [6.07, 6.45) is 16.9. The third-order valence-corrected chi connectivity index (χ3v) is 6.45. The SMILES string of the molecule is O=C(N[C@H]1CCC[C@H]1NC(=O)/C(F)=C\CCCCCCCCO)/C(F)=C\CCCCCCCCO. The quantitative estimate of drug-likeness (QED) is 0.135. The van der Waals surface area contributed by atoms with E-state index < -0.39 is 35.6 Å². The molecule has 0 aromatic rings. The summed E-state index contributed by atoms with van der Waals surface area (Å²) in [4.78, 5) is 24.4. The van der Waals surface area contributed by atoms with Crippen LogP contribution in [-0.4, -0.2) is 47.3 Å². The van der Waals surface area contributed by atoms with Gasteiger partial charge in [0.25, 0.3) is 11.8 Å². The molecule has 0 unspecified atom stereocenters. The summed E-state index contributed by atoms with van der Waals surface area (Å²) in [5.41, 5.74) is 0. The molecule has 4 N–H and O–H groups in total. The van der Waals surface area contributed by atoms with Crippen LogP contribution in [0.4, 0.5) is 8.78 Å². The molecule has 6 nitrogen and oxygen atoms in total. The van der Waals surface area contributed by atoms with E-state index in [4.69, 9.17) is 10.2 Å². The van der Waals surface area contributed by atoms with Crippen molar-refractivity contribution in [3.63, 3.8) is 0 Å². The van der Waals surface area contributed by atoms with E-state index in [2.05, 4.69) is 10.6 Å². The fourth-order valence-electron chi connectivity index (χ4n) is 4.35. The molecule has 0 aromatic heterocycles. The number of carbonyl (C=O) groups is 2. The summed E-state index contributed by atoms with van der Waals surface area (Å²) in [6, 6.07) is -0.826. The van der Waals surface area contributed by atoms with Gasteiger partial charge in [-0.15, -0.1) is 0 Å². The third kappa shape index (κ3) is 15.0. The summed E-state index contributed by atoms with van der Waals surface area (Å²) in [5, 5.41) is 22.8. The molecular weight excluding hydrogens is 454 g/mol. The Balaban J connectivity index is 2.30. The second-order valence-corrected chi connectivity index (χ2v) is 9.46. The van der Waals surface area contributed by atoms with E-state index in [1.165, 1.54) is 12.2 Å². The minimum atomic E-state index is -0.815. The number of nitrogens with one attached hydrogen (secondary N) is 2. The van der Waals surface area contributed by atoms with Gasteiger partial charge >= 0.3 is 0 Å². The van der Waals surface area contributed by atoms with Gasteiger partial charge in [0.15, 0.2) is 11.7 Å². The molecule has 1 rings (SSSR count). The molecule has 1 aliphatic rings. The Morgan fingerprint density at radius 2 is 0.971 bits per heavy atom. The number of rotatable bonds is 20. The Hall–Kier alpha value is -1.80. The van der Waals surface area contributed by atoms with Crippen molar-refractivity contribution in [2.24, 2.45) is 0 Å². The highest BCUT2D eigenvalue weighted by Crippen LogP contribution is 2.21. The largest absolute Gasteiger partial charge is 0.396 e. The fraction of sp³-hybridized carbons (Fsp3) is 0.778. The number of halogens is 2. The summed E-state index contributed by atoms with van der Waals surface area (Å²) in [6.45, 7) is 0.433. The maximum Gasteiger partial charge on any atom is 0.279 e. The van der Waals surface area contributed by atoms with Crippen molar-refractivity contribution in [2.75, 3.05) is 13.2 Å². The highest BCUT2D eigenvalue weighted by atomic mass is 19.1. The van der Waals surface area contributed by atoms with Gasteiger partial charge in [-0.25, -0.2) is 8.78 Å². The van der Waals surface area contributed by atoms with Gasteiger partial charge < -0.3 is 20.8 Å². The zero-order valence-corrected chi connectivity index (χ0v) is 21.2. The van der Waals surface area contributed by atoms with E-state index in [0.29, 0.717) is 25.7 Å². The lowest BCUT2D eigenvalue weighted by Crippen LogP contribution is -2.48. The second kappa shape index (κ2) is 20.4. The molecule has 35 heavy (non-hydrogen) atoms. The predicted octanol–water partition coefficient (Wildman–Crippen LogP) is 5.29. The molecule has 0 aliphatic heterocycles. The van der Waals surface area contributed by atoms with Crippen LogP contribution in [0.5, 0.6) is 0 Å². The number of allylic oxidation sites excluding steroid dienone is 2. The number of amides is 2. The highest BCUT2D eigenvalue weighted by molar-refractivity contribution is 5.92. The predicted molar refractivity (Wildman–Crippen MR) is 135 cm³/mol. The molecule has 202 valence electrons. The van der Waals surface area contributed by atoms with Crippen molar-refractivity contribution in [1.29, 1.82) is 0 Å². The molecule has 1 aliphatic carbocycles. The van der Waals surface area contributed by atoms with Crippen LogP contribution in [0, 0.1) is 0 Å². The van der Waals surface area contributed by atoms with E-state index in [0.717, 1.165) is 83.5 Å². The molecular formula is C27H46F2N2O4. The molecule has 0 bridgehead atoms. The van der Waals surface area contributed by atoms with Gasteiger partial charge in [0.05, 0.1) is 0 Å². The fourth-order valence-corrected chi connectivity index (χ4v) is 4.35. The minimum absolute atomic E-state index is 0.216. The maximum atomic E-state index is 14.2. The molecule has 0 saturated heterocycles. The topological polar surface area (TPSA) is 98.7 Å². The number of aliphatic hydroxyl groups excluding tert-OH is 2. The van der Waals surface area contributed by atoms with Gasteiger partial charge in [0.1, 0.15) is 0 Å². The molecule has 1 saturated carbocycles. The number of hydrogen-bond acceptors (Lipinski definition) is 4. The van der Waals surface area contributed by atoms with Crippen LogP contribution < -0.4 is 10.6 Å². The summed E-state index contributed by atoms with van der Waals surface area (Å²) >= 11 is 0. The standard InChI is InChI=1S/C27H46F2N2O4/c28-22(16-11-7-3-1-5-9-13-20-32)26(34)30-24-18-15-19-25(24)31-27(35)23(29)17-12-8-4-2-6-10-14-21-33/h16-17,24-25,32-33H,1-15,18-21H2,(H,30,34)(H,31,35)/b22-16+,23-17+/t24-,25+. The smallest absolute Gasteiger partial charge is 0.279 e. The Labute approximate surface area is 209 Å². The molecule has 0 aromatic carbocycles. The number of aliphatic hydroxyl groups is 2. The van der Waals surface area contributed by atoms with E-state index in [-0.39, 0.29) is 13.2 Å². The lowest BCUT2D eigenvalue weighted by atomic mass is 10.1. The molecule has 0 radical (unpaired) electrons. The Morgan fingerprint density at radius 3 is 1.34 bits per heavy atom. The van der Waals surface area contributed by atoms with Gasteiger partial charge in [-0.1, -0.05) is 51.4 Å². The summed E-state index contributed by atoms with van der Waals surface area (Å²) < 4.78 is 28.4. The van der Waals surface area contributed by atoms with Crippen molar-refractivity contribution in [3.8, 4) is 0 Å². The van der Waals surface area contributed by atoms with Crippen LogP contribution in [0.3, 0.4) is 0 Å². The summed E-state index contributed by atoms with van der Waals surface area (Å²) in [7, 11) is 0. The molecule has 0 spiro atoms. The zero-order chi connectivity index (χ0) is 25.7. The second-order valence-electron chi connectivity index (χ2n) is 9.46. The van der Waals surface area contributed by atoms with Crippen LogP contribution in [-0.2, 0) is 9.59 Å². The zero-order valence-electron chi connectivity index (χ0n) is 21.2. The number of unbranched alkanes of at least 4 members (excludes halogenated alkanes) is 12. The average molecular weight is 501 g/mol. The van der Waals surface area contributed by atoms with Crippen molar-refractivity contribution in [1.82, 2.24) is 10.6 Å². The lowest BCUT2D eigenvalue weighted by Gasteiger charge is -2.21. The van der Waals surface area contributed by atoms with E-state index in [1.807, 2.05) is 0 Å². The minimum Gasteiger partial charge on any atom is -0.396 e. The van der Waals surface area contributed by atoms with Crippen molar-refractivity contribution >= 4 is 11.8 Å². The summed E-state index contributed by atoms with van der Waals surface area (Å²) in [5.74, 6) is -3.20. The van der Waals surface area contributed by atoms with E-state index in [1.54, 1.807) is 0 Å². The average Bonchev–Trinajstić information content (AvgIpc) is 3.28. The van der Waals surface area contributed by atoms with Gasteiger partial charge in [0.2, 0.25) is 0 Å². The van der Waals surface area contributed by atoms with Gasteiger partial charge in [-0.05, 0) is 69.9 Å². The van der Waals surface area contributed by atoms with E-state index in [9.17, 15) is 18.4 Å². The normalized spacial score (nSPS) is 18.6. The monoisotopic (exact) mass is 500 g/mol. The van der Waals surface area contributed by atoms with Crippen molar-refractivity contribution in [2.45, 2.75) is 121 Å². The van der Waals surface area contributed by atoms with Crippen LogP contribution in [0.1, 0.15) is 109 Å². The van der Waals surface area contributed by atoms with Crippen LogP contribution in [0.25, 0.3) is 0 Å². The molecule has 1 fully saturated rings. The third-order valence-electron chi connectivity index (χ3n) is 6.45. The Morgan fingerprint density at radius 1 is 0.629 bits per heavy atom. The van der Waals surface area contributed by atoms with Crippen molar-refractivity contribution < 1.29 is 28.6 Å². The Kier molecular flexibility index (Phi) is 18.2. The van der Waals surface area contributed by atoms with Gasteiger partial charge in [-0.2, -0.15) is 0 Å². The Bertz CT molecular complexity index is 601. The van der Waals surface area contributed by atoms with Crippen LogP contribution in [0.15, 0.2) is 23.8 Å². The first kappa shape index (κ1) is 31.2. The van der Waals surface area contributed by atoms with E-state index >= 15 is 0 Å². The first-order chi connectivity index (χ1) is 17.0. The molecule has 8 heteroatoms. The first-order valence-corrected chi connectivity index (χ1v) is 13.5. The number of carbonyl (C=O) groups excluding carboxylic acids is 2. The molecule has 2 amide bonds. The van der Waals surface area contributed by atoms with Crippen LogP contribution in [0.2, 0.25) is 0 Å².